The number of carboxylic acids is 1. The van der Waals surface area contributed by atoms with Gasteiger partial charge in [-0.3, -0.25) is 0 Å². The van der Waals surface area contributed by atoms with Crippen LogP contribution in [-0.2, 0) is 10.0 Å². The molecule has 0 aromatic heterocycles. The highest BCUT2D eigenvalue weighted by atomic mass is 32.2. The molecule has 1 rings (SSSR count). The molecule has 1 aromatic carbocycles. The van der Waals surface area contributed by atoms with Crippen LogP contribution >= 0.6 is 0 Å². The van der Waals surface area contributed by atoms with E-state index >= 15 is 0 Å². The number of carboxylic acid groups (broad SMARTS) is 1. The van der Waals surface area contributed by atoms with Crippen molar-refractivity contribution >= 4 is 16.0 Å². The summed E-state index contributed by atoms with van der Waals surface area (Å²) in [5.74, 6) is -0.924. The van der Waals surface area contributed by atoms with Crippen molar-refractivity contribution in [2.24, 2.45) is 5.92 Å². The zero-order chi connectivity index (χ0) is 16.2. The molecule has 1 aromatic rings. The van der Waals surface area contributed by atoms with Crippen molar-refractivity contribution in [3.8, 4) is 0 Å². The summed E-state index contributed by atoms with van der Waals surface area (Å²) in [6.07, 6.45) is -0.291. The molecule has 0 spiro atoms. The summed E-state index contributed by atoms with van der Waals surface area (Å²) in [6.45, 7) is 5.35. The standard InChI is InChI=1S/C14H21NO5S/c1-9(2)6-11(16)8-15-21(19,20)12-5-4-10(3)13(7-12)14(17)18/h4-5,7,9,11,15-16H,6,8H2,1-3H3,(H,17,18). The summed E-state index contributed by atoms with van der Waals surface area (Å²) in [5, 5.41) is 18.7. The van der Waals surface area contributed by atoms with Gasteiger partial charge in [0.25, 0.3) is 0 Å². The van der Waals surface area contributed by atoms with Gasteiger partial charge >= 0.3 is 5.97 Å². The van der Waals surface area contributed by atoms with Crippen molar-refractivity contribution in [2.45, 2.75) is 38.2 Å². The third-order valence-electron chi connectivity index (χ3n) is 3.00. The van der Waals surface area contributed by atoms with Crippen LogP contribution in [0.4, 0.5) is 0 Å². The topological polar surface area (TPSA) is 104 Å². The first-order valence-electron chi connectivity index (χ1n) is 6.65. The molecule has 6 nitrogen and oxygen atoms in total. The van der Waals surface area contributed by atoms with E-state index in [-0.39, 0.29) is 22.9 Å². The van der Waals surface area contributed by atoms with Crippen molar-refractivity contribution in [1.82, 2.24) is 4.72 Å². The second kappa shape index (κ2) is 7.02. The normalized spacial score (nSPS) is 13.4. The third-order valence-corrected chi connectivity index (χ3v) is 4.42. The summed E-state index contributed by atoms with van der Waals surface area (Å²) >= 11 is 0. The average molecular weight is 315 g/mol. The van der Waals surface area contributed by atoms with Crippen LogP contribution in [0.2, 0.25) is 0 Å². The Labute approximate surface area is 124 Å². The summed E-state index contributed by atoms with van der Waals surface area (Å²) < 4.78 is 26.5. The van der Waals surface area contributed by atoms with Crippen LogP contribution in [0.15, 0.2) is 23.1 Å². The molecule has 21 heavy (non-hydrogen) atoms. The van der Waals surface area contributed by atoms with E-state index in [9.17, 15) is 18.3 Å². The highest BCUT2D eigenvalue weighted by Crippen LogP contribution is 2.16. The molecular formula is C14H21NO5S. The number of aliphatic hydroxyl groups is 1. The molecule has 0 aliphatic carbocycles. The zero-order valence-electron chi connectivity index (χ0n) is 12.3. The first-order chi connectivity index (χ1) is 9.63. The average Bonchev–Trinajstić information content (AvgIpc) is 2.35. The first kappa shape index (κ1) is 17.6. The van der Waals surface area contributed by atoms with E-state index < -0.39 is 22.1 Å². The van der Waals surface area contributed by atoms with Gasteiger partial charge < -0.3 is 10.2 Å². The van der Waals surface area contributed by atoms with Crippen molar-refractivity contribution in [3.63, 3.8) is 0 Å². The Morgan fingerprint density at radius 2 is 1.95 bits per heavy atom. The molecule has 0 aliphatic rings. The van der Waals surface area contributed by atoms with E-state index in [1.165, 1.54) is 12.1 Å². The maximum atomic E-state index is 12.1. The van der Waals surface area contributed by atoms with Gasteiger partial charge in [-0.1, -0.05) is 19.9 Å². The molecule has 0 aliphatic heterocycles. The second-order valence-electron chi connectivity index (χ2n) is 5.42. The van der Waals surface area contributed by atoms with Crippen LogP contribution in [0, 0.1) is 12.8 Å². The molecule has 118 valence electrons. The molecule has 0 saturated heterocycles. The maximum absolute atomic E-state index is 12.1. The predicted octanol–water partition coefficient (Wildman–Crippen LogP) is 1.38. The number of sulfonamides is 1. The Balaban J connectivity index is 2.88. The number of benzene rings is 1. The van der Waals surface area contributed by atoms with Crippen LogP contribution in [0.1, 0.15) is 36.2 Å². The number of hydrogen-bond donors (Lipinski definition) is 3. The molecule has 7 heteroatoms. The summed E-state index contributed by atoms with van der Waals surface area (Å²) in [7, 11) is -3.84. The van der Waals surface area contributed by atoms with Crippen LogP contribution in [0.3, 0.4) is 0 Å². The number of aliphatic hydroxyl groups excluding tert-OH is 1. The van der Waals surface area contributed by atoms with Crippen molar-refractivity contribution in [1.29, 1.82) is 0 Å². The fourth-order valence-electron chi connectivity index (χ4n) is 1.92. The minimum absolute atomic E-state index is 0.0550. The van der Waals surface area contributed by atoms with Crippen LogP contribution < -0.4 is 4.72 Å². The molecule has 1 unspecified atom stereocenters. The number of nitrogens with one attached hydrogen (secondary N) is 1. The zero-order valence-corrected chi connectivity index (χ0v) is 13.1. The molecule has 0 saturated carbocycles. The quantitative estimate of drug-likeness (QED) is 0.705. The molecule has 0 heterocycles. The molecule has 0 radical (unpaired) electrons. The maximum Gasteiger partial charge on any atom is 0.335 e. The largest absolute Gasteiger partial charge is 0.478 e. The van der Waals surface area contributed by atoms with Crippen molar-refractivity contribution < 1.29 is 23.4 Å². The molecule has 1 atom stereocenters. The van der Waals surface area contributed by atoms with Gasteiger partial charge in [-0.25, -0.2) is 17.9 Å². The van der Waals surface area contributed by atoms with Gasteiger partial charge in [0.1, 0.15) is 0 Å². The third kappa shape index (κ3) is 5.11. The number of hydrogen-bond acceptors (Lipinski definition) is 4. The minimum atomic E-state index is -3.84. The van der Waals surface area contributed by atoms with Gasteiger partial charge in [0.05, 0.1) is 16.6 Å². The fraction of sp³-hybridized carbons (Fsp3) is 0.500. The van der Waals surface area contributed by atoms with Gasteiger partial charge in [0, 0.05) is 6.54 Å². The molecule has 0 bridgehead atoms. The second-order valence-corrected chi connectivity index (χ2v) is 7.18. The van der Waals surface area contributed by atoms with Crippen LogP contribution in [0.25, 0.3) is 0 Å². The fourth-order valence-corrected chi connectivity index (χ4v) is 3.01. The minimum Gasteiger partial charge on any atom is -0.478 e. The van der Waals surface area contributed by atoms with Gasteiger partial charge in [-0.15, -0.1) is 0 Å². The number of carbonyl (C=O) groups is 1. The van der Waals surface area contributed by atoms with E-state index in [1.54, 1.807) is 6.92 Å². The lowest BCUT2D eigenvalue weighted by Crippen LogP contribution is -2.33. The SMILES string of the molecule is Cc1ccc(S(=O)(=O)NCC(O)CC(C)C)cc1C(=O)O. The number of rotatable bonds is 7. The van der Waals surface area contributed by atoms with E-state index in [1.807, 2.05) is 13.8 Å². The lowest BCUT2D eigenvalue weighted by molar-refractivity contribution is 0.0696. The monoisotopic (exact) mass is 315 g/mol. The van der Waals surface area contributed by atoms with Gasteiger partial charge in [0.15, 0.2) is 0 Å². The Hall–Kier alpha value is -1.44. The number of aryl methyl sites for hydroxylation is 1. The first-order valence-corrected chi connectivity index (χ1v) is 8.13. The molecule has 3 N–H and O–H groups in total. The predicted molar refractivity (Wildman–Crippen MR) is 78.8 cm³/mol. The van der Waals surface area contributed by atoms with E-state index in [0.29, 0.717) is 12.0 Å². The highest BCUT2D eigenvalue weighted by molar-refractivity contribution is 7.89. The van der Waals surface area contributed by atoms with Crippen LogP contribution in [-0.4, -0.2) is 37.2 Å². The van der Waals surface area contributed by atoms with E-state index in [4.69, 9.17) is 5.11 Å². The Kier molecular flexibility index (Phi) is 5.88. The lowest BCUT2D eigenvalue weighted by atomic mass is 10.1. The lowest BCUT2D eigenvalue weighted by Gasteiger charge is -2.14. The molecule has 0 fully saturated rings. The number of aromatic carboxylic acids is 1. The Bertz CT molecular complexity index is 610. The summed E-state index contributed by atoms with van der Waals surface area (Å²) in [6, 6.07) is 3.91. The van der Waals surface area contributed by atoms with E-state index in [2.05, 4.69) is 4.72 Å². The van der Waals surface area contributed by atoms with Gasteiger partial charge in [0.2, 0.25) is 10.0 Å². The van der Waals surface area contributed by atoms with Crippen molar-refractivity contribution in [2.75, 3.05) is 6.54 Å². The smallest absolute Gasteiger partial charge is 0.335 e. The van der Waals surface area contributed by atoms with Gasteiger partial charge in [-0.05, 0) is 37.0 Å². The Morgan fingerprint density at radius 1 is 1.33 bits per heavy atom. The highest BCUT2D eigenvalue weighted by Gasteiger charge is 2.19. The Morgan fingerprint density at radius 3 is 2.48 bits per heavy atom. The van der Waals surface area contributed by atoms with E-state index in [0.717, 1.165) is 6.07 Å². The molecular weight excluding hydrogens is 294 g/mol. The van der Waals surface area contributed by atoms with Crippen molar-refractivity contribution in [3.05, 3.63) is 29.3 Å². The summed E-state index contributed by atoms with van der Waals surface area (Å²) in [5.41, 5.74) is 0.432. The molecule has 0 amide bonds. The summed E-state index contributed by atoms with van der Waals surface area (Å²) in [4.78, 5) is 10.9. The van der Waals surface area contributed by atoms with Crippen LogP contribution in [0.5, 0.6) is 0 Å². The van der Waals surface area contributed by atoms with Gasteiger partial charge in [-0.2, -0.15) is 0 Å².